The molecule has 0 aliphatic heterocycles. The van der Waals surface area contributed by atoms with Crippen LogP contribution in [0.3, 0.4) is 0 Å². The molecular weight excluding hydrogens is 347 g/mol. The number of hydrogen-bond donors (Lipinski definition) is 0. The van der Waals surface area contributed by atoms with Gasteiger partial charge < -0.3 is 0 Å². The Morgan fingerprint density at radius 2 is 1.77 bits per heavy atom. The summed E-state index contributed by atoms with van der Waals surface area (Å²) < 4.78 is 15.8. The van der Waals surface area contributed by atoms with E-state index in [1.807, 2.05) is 34.9 Å². The minimum absolute atomic E-state index is 0.0264. The van der Waals surface area contributed by atoms with Gasteiger partial charge in [0, 0.05) is 11.8 Å². The van der Waals surface area contributed by atoms with E-state index in [0.717, 1.165) is 25.7 Å². The van der Waals surface area contributed by atoms with Crippen LogP contribution in [0.1, 0.15) is 43.7 Å². The van der Waals surface area contributed by atoms with Crippen LogP contribution in [0.4, 0.5) is 4.39 Å². The molecular formula is C21H21FN2OS. The molecule has 2 aromatic carbocycles. The van der Waals surface area contributed by atoms with Crippen LogP contribution in [0.15, 0.2) is 58.5 Å². The maximum atomic E-state index is 14.0. The van der Waals surface area contributed by atoms with E-state index in [4.69, 9.17) is 4.98 Å². The van der Waals surface area contributed by atoms with Gasteiger partial charge in [0.2, 0.25) is 0 Å². The van der Waals surface area contributed by atoms with E-state index in [1.165, 1.54) is 24.2 Å². The zero-order valence-electron chi connectivity index (χ0n) is 14.5. The number of para-hydroxylation sites is 1. The molecule has 0 saturated heterocycles. The molecule has 5 heteroatoms. The predicted octanol–water partition coefficient (Wildman–Crippen LogP) is 5.33. The normalized spacial score (nSPS) is 15.4. The molecule has 134 valence electrons. The van der Waals surface area contributed by atoms with Crippen molar-refractivity contribution in [1.29, 1.82) is 0 Å². The van der Waals surface area contributed by atoms with Crippen molar-refractivity contribution in [1.82, 2.24) is 9.55 Å². The molecule has 0 amide bonds. The zero-order chi connectivity index (χ0) is 17.9. The second-order valence-corrected chi connectivity index (χ2v) is 7.70. The maximum absolute atomic E-state index is 14.0. The summed E-state index contributed by atoms with van der Waals surface area (Å²) in [6.45, 7) is 0. The molecule has 0 N–H and O–H groups in total. The lowest BCUT2D eigenvalue weighted by atomic mass is 9.95. The standard InChI is InChI=1S/C21H21FN2OS/c22-18-12-6-4-8-15(18)14-26-21-23-19-13-7-5-11-17(19)20(25)24(21)16-9-2-1-3-10-16/h4-8,11-13,16H,1-3,9-10,14H2. The van der Waals surface area contributed by atoms with Gasteiger partial charge in [-0.15, -0.1) is 0 Å². The molecule has 0 spiro atoms. The summed E-state index contributed by atoms with van der Waals surface area (Å²) >= 11 is 1.45. The summed E-state index contributed by atoms with van der Waals surface area (Å²) in [4.78, 5) is 17.9. The molecule has 0 radical (unpaired) electrons. The van der Waals surface area contributed by atoms with Gasteiger partial charge in [-0.1, -0.05) is 61.4 Å². The maximum Gasteiger partial charge on any atom is 0.262 e. The zero-order valence-corrected chi connectivity index (χ0v) is 15.3. The molecule has 1 heterocycles. The van der Waals surface area contributed by atoms with Crippen LogP contribution in [-0.2, 0) is 5.75 Å². The van der Waals surface area contributed by atoms with Crippen LogP contribution < -0.4 is 5.56 Å². The molecule has 1 aliphatic carbocycles. The van der Waals surface area contributed by atoms with Crippen molar-refractivity contribution < 1.29 is 4.39 Å². The summed E-state index contributed by atoms with van der Waals surface area (Å²) in [5, 5.41) is 1.36. The van der Waals surface area contributed by atoms with Gasteiger partial charge in [0.05, 0.1) is 10.9 Å². The Balaban J connectivity index is 1.76. The van der Waals surface area contributed by atoms with Crippen molar-refractivity contribution in [2.45, 2.75) is 49.1 Å². The third kappa shape index (κ3) is 3.40. The number of halogens is 1. The number of aromatic nitrogens is 2. The summed E-state index contributed by atoms with van der Waals surface area (Å²) in [5.41, 5.74) is 1.37. The van der Waals surface area contributed by atoms with Crippen LogP contribution in [0.25, 0.3) is 10.9 Å². The summed E-state index contributed by atoms with van der Waals surface area (Å²) in [6.07, 6.45) is 5.52. The monoisotopic (exact) mass is 368 g/mol. The van der Waals surface area contributed by atoms with Gasteiger partial charge in [0.25, 0.3) is 5.56 Å². The highest BCUT2D eigenvalue weighted by molar-refractivity contribution is 7.98. The SMILES string of the molecule is O=c1c2ccccc2nc(SCc2ccccc2F)n1C1CCCCC1. The molecule has 1 fully saturated rings. The highest BCUT2D eigenvalue weighted by Crippen LogP contribution is 2.32. The van der Waals surface area contributed by atoms with Crippen molar-refractivity contribution in [2.75, 3.05) is 0 Å². The van der Waals surface area contributed by atoms with Crippen LogP contribution in [-0.4, -0.2) is 9.55 Å². The van der Waals surface area contributed by atoms with E-state index < -0.39 is 0 Å². The van der Waals surface area contributed by atoms with E-state index in [9.17, 15) is 9.18 Å². The number of benzene rings is 2. The molecule has 1 saturated carbocycles. The molecule has 1 aliphatic rings. The largest absolute Gasteiger partial charge is 0.284 e. The lowest BCUT2D eigenvalue weighted by molar-refractivity contribution is 0.326. The first-order valence-corrected chi connectivity index (χ1v) is 10.1. The molecule has 1 aromatic heterocycles. The Labute approximate surface area is 156 Å². The molecule has 0 bridgehead atoms. The predicted molar refractivity (Wildman–Crippen MR) is 104 cm³/mol. The Kier molecular flexibility index (Phi) is 5.07. The third-order valence-electron chi connectivity index (χ3n) is 5.03. The number of hydrogen-bond acceptors (Lipinski definition) is 3. The molecule has 4 rings (SSSR count). The second kappa shape index (κ2) is 7.62. The van der Waals surface area contributed by atoms with Crippen molar-refractivity contribution >= 4 is 22.7 Å². The summed E-state index contributed by atoms with van der Waals surface area (Å²) in [6, 6.07) is 14.5. The fourth-order valence-electron chi connectivity index (χ4n) is 3.65. The first-order chi connectivity index (χ1) is 12.7. The number of rotatable bonds is 4. The fraction of sp³-hybridized carbons (Fsp3) is 0.333. The number of nitrogens with zero attached hydrogens (tertiary/aromatic N) is 2. The Bertz CT molecular complexity index is 979. The molecule has 3 nitrogen and oxygen atoms in total. The van der Waals surface area contributed by atoms with Gasteiger partial charge in [0.15, 0.2) is 5.16 Å². The first-order valence-electron chi connectivity index (χ1n) is 9.11. The fourth-order valence-corrected chi connectivity index (χ4v) is 4.70. The molecule has 0 atom stereocenters. The topological polar surface area (TPSA) is 34.9 Å². The second-order valence-electron chi connectivity index (χ2n) is 6.76. The van der Waals surface area contributed by atoms with Crippen LogP contribution in [0.5, 0.6) is 0 Å². The smallest absolute Gasteiger partial charge is 0.262 e. The average molecular weight is 368 g/mol. The van der Waals surface area contributed by atoms with Gasteiger partial charge in [-0.2, -0.15) is 0 Å². The number of thioether (sulfide) groups is 1. The Hall–Kier alpha value is -2.14. The van der Waals surface area contributed by atoms with Gasteiger partial charge in [-0.25, -0.2) is 9.37 Å². The van der Waals surface area contributed by atoms with Crippen molar-refractivity contribution in [2.24, 2.45) is 0 Å². The molecule has 0 unspecified atom stereocenters. The van der Waals surface area contributed by atoms with E-state index in [1.54, 1.807) is 12.1 Å². The van der Waals surface area contributed by atoms with Crippen LogP contribution in [0.2, 0.25) is 0 Å². The highest BCUT2D eigenvalue weighted by atomic mass is 32.2. The average Bonchev–Trinajstić information content (AvgIpc) is 2.68. The Morgan fingerprint density at radius 1 is 1.04 bits per heavy atom. The lowest BCUT2D eigenvalue weighted by Crippen LogP contribution is -2.29. The minimum Gasteiger partial charge on any atom is -0.284 e. The number of fused-ring (bicyclic) bond motifs is 1. The van der Waals surface area contributed by atoms with Crippen LogP contribution in [0, 0.1) is 5.82 Å². The van der Waals surface area contributed by atoms with E-state index in [2.05, 4.69) is 0 Å². The van der Waals surface area contributed by atoms with Gasteiger partial charge in [-0.05, 0) is 36.6 Å². The van der Waals surface area contributed by atoms with Crippen molar-refractivity contribution in [3.8, 4) is 0 Å². The minimum atomic E-state index is -0.215. The van der Waals surface area contributed by atoms with Gasteiger partial charge in [0.1, 0.15) is 5.82 Å². The Morgan fingerprint density at radius 3 is 2.58 bits per heavy atom. The molecule has 3 aromatic rings. The summed E-state index contributed by atoms with van der Waals surface area (Å²) in [5.74, 6) is 0.247. The van der Waals surface area contributed by atoms with Crippen molar-refractivity contribution in [3.05, 3.63) is 70.3 Å². The first kappa shape index (κ1) is 17.3. The van der Waals surface area contributed by atoms with E-state index >= 15 is 0 Å². The van der Waals surface area contributed by atoms with E-state index in [0.29, 0.717) is 27.4 Å². The lowest BCUT2D eigenvalue weighted by Gasteiger charge is -2.26. The van der Waals surface area contributed by atoms with Crippen molar-refractivity contribution in [3.63, 3.8) is 0 Å². The van der Waals surface area contributed by atoms with Crippen LogP contribution >= 0.6 is 11.8 Å². The summed E-state index contributed by atoms with van der Waals surface area (Å²) in [7, 11) is 0. The quantitative estimate of drug-likeness (QED) is 0.461. The van der Waals surface area contributed by atoms with Gasteiger partial charge in [-0.3, -0.25) is 9.36 Å². The van der Waals surface area contributed by atoms with Gasteiger partial charge >= 0.3 is 0 Å². The molecule has 26 heavy (non-hydrogen) atoms. The third-order valence-corrected chi connectivity index (χ3v) is 6.03. The van der Waals surface area contributed by atoms with E-state index in [-0.39, 0.29) is 17.4 Å². The highest BCUT2D eigenvalue weighted by Gasteiger charge is 2.22.